The topological polar surface area (TPSA) is 12.0 Å². The molecule has 7 heteroatoms. The second-order valence-corrected chi connectivity index (χ2v) is 3.70. The highest BCUT2D eigenvalue weighted by atomic mass is 32.2. The number of alkyl halides is 3. The monoisotopic (exact) mass is 243 g/mol. The molecule has 0 aliphatic carbocycles. The van der Waals surface area contributed by atoms with Crippen molar-refractivity contribution in [2.75, 3.05) is 12.4 Å². The summed E-state index contributed by atoms with van der Waals surface area (Å²) in [6.45, 7) is 0. The molecule has 1 nitrogen and oxygen atoms in total. The van der Waals surface area contributed by atoms with Crippen molar-refractivity contribution in [3.63, 3.8) is 0 Å². The standard InChI is InChI=1S/C8H6F5NS/c1-14-7-5(9)2-4(3-6(7)10)15-8(11,12)13/h2-3,14H,1H3. The van der Waals surface area contributed by atoms with E-state index in [2.05, 4.69) is 5.32 Å². The van der Waals surface area contributed by atoms with Crippen LogP contribution in [0.5, 0.6) is 0 Å². The first-order chi connectivity index (χ1) is 6.83. The Morgan fingerprint density at radius 1 is 1.13 bits per heavy atom. The molecule has 0 spiro atoms. The summed E-state index contributed by atoms with van der Waals surface area (Å²) >= 11 is -0.560. The van der Waals surface area contributed by atoms with E-state index in [9.17, 15) is 22.0 Å². The van der Waals surface area contributed by atoms with Crippen LogP contribution < -0.4 is 5.32 Å². The Hall–Kier alpha value is -0.980. The normalized spacial score (nSPS) is 11.6. The van der Waals surface area contributed by atoms with E-state index in [0.717, 1.165) is 0 Å². The molecule has 0 saturated heterocycles. The van der Waals surface area contributed by atoms with Crippen molar-refractivity contribution >= 4 is 17.4 Å². The third-order valence-electron chi connectivity index (χ3n) is 1.50. The number of nitrogens with one attached hydrogen (secondary N) is 1. The van der Waals surface area contributed by atoms with Crippen LogP contribution in [0.4, 0.5) is 27.6 Å². The van der Waals surface area contributed by atoms with Crippen LogP contribution in [0, 0.1) is 11.6 Å². The molecule has 0 heterocycles. The first-order valence-corrected chi connectivity index (χ1v) is 4.57. The van der Waals surface area contributed by atoms with E-state index in [1.54, 1.807) is 0 Å². The largest absolute Gasteiger partial charge is 0.446 e. The van der Waals surface area contributed by atoms with Gasteiger partial charge in [0.25, 0.3) is 0 Å². The van der Waals surface area contributed by atoms with Crippen molar-refractivity contribution in [2.24, 2.45) is 0 Å². The van der Waals surface area contributed by atoms with Gasteiger partial charge in [0.2, 0.25) is 0 Å². The van der Waals surface area contributed by atoms with Gasteiger partial charge in [-0.25, -0.2) is 8.78 Å². The molecule has 1 aromatic carbocycles. The number of rotatable bonds is 2. The molecular formula is C8H6F5NS. The Labute approximate surface area is 86.7 Å². The van der Waals surface area contributed by atoms with Crippen LogP contribution in [0.1, 0.15) is 0 Å². The smallest absolute Gasteiger partial charge is 0.383 e. The Morgan fingerprint density at radius 3 is 1.93 bits per heavy atom. The molecule has 84 valence electrons. The van der Waals surface area contributed by atoms with Crippen LogP contribution in [-0.4, -0.2) is 12.6 Å². The quantitative estimate of drug-likeness (QED) is 0.629. The third-order valence-corrected chi connectivity index (χ3v) is 2.20. The number of benzene rings is 1. The fourth-order valence-corrected chi connectivity index (χ4v) is 1.57. The Balaban J connectivity index is 3.04. The lowest BCUT2D eigenvalue weighted by molar-refractivity contribution is -0.0328. The minimum absolute atomic E-state index is 0.443. The van der Waals surface area contributed by atoms with Gasteiger partial charge in [0.05, 0.1) is 0 Å². The Bertz CT molecular complexity index is 340. The molecule has 1 rings (SSSR count). The number of anilines is 1. The summed E-state index contributed by atoms with van der Waals surface area (Å²) in [5, 5.41) is 2.21. The van der Waals surface area contributed by atoms with Crippen LogP contribution >= 0.6 is 11.8 Å². The summed E-state index contributed by atoms with van der Waals surface area (Å²) in [4.78, 5) is -0.517. The summed E-state index contributed by atoms with van der Waals surface area (Å²) in [6, 6.07) is 1.26. The molecule has 0 saturated carbocycles. The van der Waals surface area contributed by atoms with Gasteiger partial charge >= 0.3 is 5.51 Å². The van der Waals surface area contributed by atoms with Crippen molar-refractivity contribution < 1.29 is 22.0 Å². The van der Waals surface area contributed by atoms with Gasteiger partial charge in [-0.1, -0.05) is 0 Å². The Kier molecular flexibility index (Phi) is 3.43. The SMILES string of the molecule is CNc1c(F)cc(SC(F)(F)F)cc1F. The lowest BCUT2D eigenvalue weighted by atomic mass is 10.3. The first kappa shape index (κ1) is 12.1. The second kappa shape index (κ2) is 4.26. The summed E-state index contributed by atoms with van der Waals surface area (Å²) < 4.78 is 61.7. The minimum Gasteiger partial charge on any atom is -0.383 e. The third kappa shape index (κ3) is 3.26. The molecule has 0 unspecified atom stereocenters. The van der Waals surface area contributed by atoms with Crippen molar-refractivity contribution in [2.45, 2.75) is 10.4 Å². The predicted molar refractivity (Wildman–Crippen MR) is 47.8 cm³/mol. The van der Waals surface area contributed by atoms with Crippen LogP contribution in [0.15, 0.2) is 17.0 Å². The predicted octanol–water partition coefficient (Wildman–Crippen LogP) is 3.62. The maximum atomic E-state index is 13.0. The van der Waals surface area contributed by atoms with Crippen molar-refractivity contribution in [1.82, 2.24) is 0 Å². The summed E-state index contributed by atoms with van der Waals surface area (Å²) in [5.41, 5.74) is -5.00. The molecule has 0 atom stereocenters. The minimum atomic E-state index is -4.56. The van der Waals surface area contributed by atoms with Gasteiger partial charge in [0, 0.05) is 11.9 Å². The van der Waals surface area contributed by atoms with Gasteiger partial charge in [-0.15, -0.1) is 0 Å². The summed E-state index contributed by atoms with van der Waals surface area (Å²) in [6.07, 6.45) is 0. The van der Waals surface area contributed by atoms with Gasteiger partial charge in [-0.2, -0.15) is 13.2 Å². The average Bonchev–Trinajstić information content (AvgIpc) is 1.99. The molecule has 0 amide bonds. The van der Waals surface area contributed by atoms with Crippen molar-refractivity contribution in [1.29, 1.82) is 0 Å². The van der Waals surface area contributed by atoms with E-state index in [4.69, 9.17) is 0 Å². The van der Waals surface area contributed by atoms with E-state index < -0.39 is 39.5 Å². The van der Waals surface area contributed by atoms with Crippen molar-refractivity contribution in [3.05, 3.63) is 23.8 Å². The lowest BCUT2D eigenvalue weighted by Gasteiger charge is -2.08. The maximum absolute atomic E-state index is 13.0. The zero-order valence-corrected chi connectivity index (χ0v) is 8.27. The van der Waals surface area contributed by atoms with E-state index >= 15 is 0 Å². The van der Waals surface area contributed by atoms with E-state index in [1.165, 1.54) is 7.05 Å². The fraction of sp³-hybridized carbons (Fsp3) is 0.250. The number of halogens is 5. The second-order valence-electron chi connectivity index (χ2n) is 2.56. The molecule has 0 aliphatic heterocycles. The van der Waals surface area contributed by atoms with Crippen LogP contribution in [-0.2, 0) is 0 Å². The molecular weight excluding hydrogens is 237 g/mol. The zero-order chi connectivity index (χ0) is 11.6. The number of hydrogen-bond donors (Lipinski definition) is 1. The summed E-state index contributed by atoms with van der Waals surface area (Å²) in [5.74, 6) is -2.10. The first-order valence-electron chi connectivity index (χ1n) is 3.76. The molecule has 1 N–H and O–H groups in total. The maximum Gasteiger partial charge on any atom is 0.446 e. The molecule has 0 aliphatic rings. The molecule has 15 heavy (non-hydrogen) atoms. The zero-order valence-electron chi connectivity index (χ0n) is 7.45. The van der Waals surface area contributed by atoms with E-state index in [-0.39, 0.29) is 0 Å². The van der Waals surface area contributed by atoms with Gasteiger partial charge in [0.15, 0.2) is 0 Å². The van der Waals surface area contributed by atoms with Crippen LogP contribution in [0.2, 0.25) is 0 Å². The lowest BCUT2D eigenvalue weighted by Crippen LogP contribution is -2.01. The highest BCUT2D eigenvalue weighted by Crippen LogP contribution is 2.38. The van der Waals surface area contributed by atoms with Crippen LogP contribution in [0.25, 0.3) is 0 Å². The molecule has 0 bridgehead atoms. The van der Waals surface area contributed by atoms with E-state index in [0.29, 0.717) is 12.1 Å². The average molecular weight is 243 g/mol. The van der Waals surface area contributed by atoms with Gasteiger partial charge in [-0.3, -0.25) is 0 Å². The van der Waals surface area contributed by atoms with E-state index in [1.807, 2.05) is 0 Å². The molecule has 0 aromatic heterocycles. The number of hydrogen-bond acceptors (Lipinski definition) is 2. The van der Waals surface area contributed by atoms with Gasteiger partial charge in [-0.05, 0) is 23.9 Å². The molecule has 1 aromatic rings. The molecule has 0 fully saturated rings. The van der Waals surface area contributed by atoms with Gasteiger partial charge in [0.1, 0.15) is 17.3 Å². The van der Waals surface area contributed by atoms with Gasteiger partial charge < -0.3 is 5.32 Å². The summed E-state index contributed by atoms with van der Waals surface area (Å²) in [7, 11) is 1.28. The van der Waals surface area contributed by atoms with Crippen molar-refractivity contribution in [3.8, 4) is 0 Å². The fourth-order valence-electron chi connectivity index (χ4n) is 0.981. The van der Waals surface area contributed by atoms with Crippen LogP contribution in [0.3, 0.4) is 0 Å². The highest BCUT2D eigenvalue weighted by Gasteiger charge is 2.30. The number of thioether (sulfide) groups is 1. The molecule has 0 radical (unpaired) electrons. The Morgan fingerprint density at radius 2 is 1.60 bits per heavy atom. The highest BCUT2D eigenvalue weighted by molar-refractivity contribution is 8.00.